The molecule has 14 heteroatoms. The second kappa shape index (κ2) is 14.1. The molecule has 44 heavy (non-hydrogen) atoms. The minimum atomic E-state index is -5.11. The Bertz CT molecular complexity index is 1430. The third kappa shape index (κ3) is 8.87. The van der Waals surface area contributed by atoms with Gasteiger partial charge in [-0.15, -0.1) is 0 Å². The number of halogens is 10. The van der Waals surface area contributed by atoms with Crippen LogP contribution < -0.4 is 4.74 Å². The van der Waals surface area contributed by atoms with E-state index < -0.39 is 59.2 Å². The summed E-state index contributed by atoms with van der Waals surface area (Å²) in [4.78, 5) is 12.7. The Morgan fingerprint density at radius 1 is 0.795 bits per heavy atom. The Kier molecular flexibility index (Phi) is 11.9. The van der Waals surface area contributed by atoms with Crippen LogP contribution in [-0.2, 0) is 29.9 Å². The van der Waals surface area contributed by atoms with E-state index in [2.05, 4.69) is 0 Å². The zero-order valence-electron chi connectivity index (χ0n) is 23.6. The van der Waals surface area contributed by atoms with Gasteiger partial charge in [-0.3, -0.25) is 0 Å². The van der Waals surface area contributed by atoms with Gasteiger partial charge in [0.2, 0.25) is 0 Å². The van der Waals surface area contributed by atoms with Gasteiger partial charge in [0.1, 0.15) is 11.6 Å². The standard InChI is InChI=1S/C30H25F10NO2.U/c1-16(2)24-12-25(27(43-4)13-26(24)31)23-6-5-20(28(32,33)34)10-19(23)14-41(15-42)17(3)7-18-8-21(29(35,36)37)11-22(9-18)30(38,39)40;/h5-13,16-17H,14H2,1-4H3;/q-2;+2/t17-;/m0./s1. The first-order valence-electron chi connectivity index (χ1n) is 12.6. The van der Waals surface area contributed by atoms with E-state index in [1.165, 1.54) is 26.5 Å². The number of rotatable bonds is 9. The molecule has 0 saturated heterocycles. The third-order valence-electron chi connectivity index (χ3n) is 6.66. The van der Waals surface area contributed by atoms with E-state index >= 15 is 0 Å². The Morgan fingerprint density at radius 2 is 1.34 bits per heavy atom. The van der Waals surface area contributed by atoms with Crippen LogP contribution in [0.15, 0.2) is 48.5 Å². The molecule has 236 valence electrons. The maximum atomic E-state index is 14.7. The van der Waals surface area contributed by atoms with Crippen molar-refractivity contribution < 1.29 is 84.5 Å². The van der Waals surface area contributed by atoms with Crippen molar-refractivity contribution in [3.63, 3.8) is 0 Å². The van der Waals surface area contributed by atoms with Gasteiger partial charge in [0.25, 0.3) is 0 Å². The number of hydrogen-bond acceptors (Lipinski definition) is 2. The van der Waals surface area contributed by atoms with Crippen LogP contribution in [0.25, 0.3) is 11.1 Å². The van der Waals surface area contributed by atoms with Gasteiger partial charge in [-0.2, -0.15) is 70.0 Å². The molecule has 0 fully saturated rings. The summed E-state index contributed by atoms with van der Waals surface area (Å²) >= 11 is 0. The quantitative estimate of drug-likeness (QED) is 0.122. The number of alkyl halides is 9. The molecule has 3 aromatic rings. The summed E-state index contributed by atoms with van der Waals surface area (Å²) < 4.78 is 141. The minimum absolute atomic E-state index is 0. The van der Waals surface area contributed by atoms with E-state index in [1.54, 1.807) is 13.8 Å². The van der Waals surface area contributed by atoms with Crippen LogP contribution in [0, 0.1) is 43.4 Å². The Balaban J connectivity index is 0.00000675. The fourth-order valence-corrected chi connectivity index (χ4v) is 4.44. The maximum Gasteiger partial charge on any atom is 2.00 e. The van der Waals surface area contributed by atoms with Crippen molar-refractivity contribution in [2.45, 2.75) is 57.8 Å². The van der Waals surface area contributed by atoms with Crippen molar-refractivity contribution in [2.24, 2.45) is 0 Å². The van der Waals surface area contributed by atoms with Crippen LogP contribution in [0.4, 0.5) is 43.9 Å². The molecule has 0 aliphatic heterocycles. The van der Waals surface area contributed by atoms with Gasteiger partial charge in [0.05, 0.1) is 12.7 Å². The monoisotopic (exact) mass is 859 g/mol. The smallest absolute Gasteiger partial charge is 0.520 e. The van der Waals surface area contributed by atoms with Crippen molar-refractivity contribution in [1.29, 1.82) is 0 Å². The van der Waals surface area contributed by atoms with Crippen LogP contribution in [0.5, 0.6) is 5.75 Å². The van der Waals surface area contributed by atoms with Crippen LogP contribution >= 0.6 is 0 Å². The Labute approximate surface area is 270 Å². The number of ether oxygens (including phenoxy) is 1. The van der Waals surface area contributed by atoms with Crippen molar-refractivity contribution in [1.82, 2.24) is 4.90 Å². The average Bonchev–Trinajstić information content (AvgIpc) is 2.89. The minimum Gasteiger partial charge on any atom is -0.520 e. The second-order valence-electron chi connectivity index (χ2n) is 10.1. The van der Waals surface area contributed by atoms with Gasteiger partial charge in [0, 0.05) is 29.3 Å². The van der Waals surface area contributed by atoms with Gasteiger partial charge < -0.3 is 14.4 Å². The first-order valence-corrected chi connectivity index (χ1v) is 12.6. The van der Waals surface area contributed by atoms with E-state index in [4.69, 9.17) is 4.74 Å². The van der Waals surface area contributed by atoms with E-state index in [9.17, 15) is 48.7 Å². The molecule has 0 aliphatic carbocycles. The number of hydrogen-bond donors (Lipinski definition) is 0. The molecular weight excluding hydrogens is 834 g/mol. The molecule has 0 heterocycles. The predicted molar refractivity (Wildman–Crippen MR) is 138 cm³/mol. The summed E-state index contributed by atoms with van der Waals surface area (Å²) in [7, 11) is 1.23. The molecule has 1 amide bonds. The summed E-state index contributed by atoms with van der Waals surface area (Å²) in [5, 5.41) is 0. The SMILES string of the molecule is COc1cc(F)c(C(C)C)cc1-c1ccc(C(F)(F)F)cc1CN([C-]=O)[C@@H](C)[CH-]c1cc(C(F)(F)F)cc(C(F)(F)F)c1.[U+2]. The number of methoxy groups -OCH3 is 1. The van der Waals surface area contributed by atoms with Crippen molar-refractivity contribution in [3.05, 3.63) is 94.1 Å². The normalized spacial score (nSPS) is 12.9. The molecule has 0 unspecified atom stereocenters. The summed E-state index contributed by atoms with van der Waals surface area (Å²) in [6, 6.07) is 4.74. The zero-order valence-corrected chi connectivity index (χ0v) is 27.8. The summed E-state index contributed by atoms with van der Waals surface area (Å²) in [5.74, 6) is -0.965. The van der Waals surface area contributed by atoms with Crippen LogP contribution in [0.2, 0.25) is 0 Å². The van der Waals surface area contributed by atoms with Crippen molar-refractivity contribution in [3.8, 4) is 16.9 Å². The topological polar surface area (TPSA) is 29.5 Å². The van der Waals surface area contributed by atoms with Gasteiger partial charge in [-0.05, 0) is 46.8 Å². The molecule has 0 saturated carbocycles. The van der Waals surface area contributed by atoms with Crippen molar-refractivity contribution in [2.75, 3.05) is 7.11 Å². The van der Waals surface area contributed by atoms with Gasteiger partial charge in [-0.1, -0.05) is 32.9 Å². The first kappa shape index (κ1) is 37.3. The summed E-state index contributed by atoms with van der Waals surface area (Å²) in [6.45, 7) is 4.05. The number of carbonyl (C=O) groups excluding carboxylic acids is 1. The fourth-order valence-electron chi connectivity index (χ4n) is 4.44. The molecule has 3 rings (SSSR count). The molecule has 0 N–H and O–H groups in total. The maximum absolute atomic E-state index is 14.7. The molecule has 0 aliphatic rings. The molecule has 0 radical (unpaired) electrons. The van der Waals surface area contributed by atoms with Crippen LogP contribution in [0.3, 0.4) is 0 Å². The third-order valence-corrected chi connectivity index (χ3v) is 6.66. The van der Waals surface area contributed by atoms with Crippen LogP contribution in [0.1, 0.15) is 60.1 Å². The molecule has 0 spiro atoms. The molecule has 3 nitrogen and oxygen atoms in total. The van der Waals surface area contributed by atoms with Crippen LogP contribution in [-0.4, -0.2) is 24.5 Å². The Hall–Kier alpha value is -2.85. The molecule has 0 aromatic heterocycles. The van der Waals surface area contributed by atoms with Gasteiger partial charge in [-0.25, -0.2) is 4.39 Å². The van der Waals surface area contributed by atoms with Gasteiger partial charge in [0.15, 0.2) is 0 Å². The molecular formula is C30H25F10NO2U. The van der Waals surface area contributed by atoms with Crippen molar-refractivity contribution >= 4 is 6.41 Å². The number of benzene rings is 3. The molecule has 0 bridgehead atoms. The predicted octanol–water partition coefficient (Wildman–Crippen LogP) is 9.19. The van der Waals surface area contributed by atoms with E-state index in [1.807, 2.05) is 0 Å². The van der Waals surface area contributed by atoms with E-state index in [0.29, 0.717) is 12.1 Å². The first-order chi connectivity index (χ1) is 19.8. The second-order valence-corrected chi connectivity index (χ2v) is 10.1. The summed E-state index contributed by atoms with van der Waals surface area (Å²) in [6.07, 6.45) is -12.6. The summed E-state index contributed by atoms with van der Waals surface area (Å²) in [5.41, 5.74) is -4.33. The molecule has 3 aromatic carbocycles. The number of nitrogens with zero attached hydrogens (tertiary/aromatic N) is 1. The van der Waals surface area contributed by atoms with E-state index in [0.717, 1.165) is 35.6 Å². The average molecular weight is 860 g/mol. The largest absolute Gasteiger partial charge is 2.00 e. The molecule has 1 atom stereocenters. The zero-order chi connectivity index (χ0) is 32.5. The Morgan fingerprint density at radius 3 is 1.80 bits per heavy atom. The van der Waals surface area contributed by atoms with Gasteiger partial charge >= 0.3 is 49.6 Å². The fraction of sp³-hybridized carbons (Fsp3) is 0.333. The number of amides is 1. The van der Waals surface area contributed by atoms with E-state index in [-0.39, 0.29) is 71.1 Å².